The summed E-state index contributed by atoms with van der Waals surface area (Å²) in [6.45, 7) is 5.99. The number of allylic oxidation sites excluding steroid dienone is 2. The average Bonchev–Trinajstić information content (AvgIpc) is 2.49. The van der Waals surface area contributed by atoms with Crippen LogP contribution in [0, 0.1) is 0 Å². The summed E-state index contributed by atoms with van der Waals surface area (Å²) in [4.78, 5) is 12.2. The van der Waals surface area contributed by atoms with Crippen molar-refractivity contribution in [3.8, 4) is 0 Å². The number of hydrogen-bond donors (Lipinski definition) is 1. The summed E-state index contributed by atoms with van der Waals surface area (Å²) in [6.07, 6.45) is 16.6. The highest BCUT2D eigenvalue weighted by molar-refractivity contribution is 8.03. The maximum atomic E-state index is 10.8. The first kappa shape index (κ1) is 21.5. The van der Waals surface area contributed by atoms with Gasteiger partial charge in [0.1, 0.15) is 5.78 Å². The number of rotatable bonds is 14. The molecule has 22 heavy (non-hydrogen) atoms. The smallest absolute Gasteiger partial charge is 0.129 e. The van der Waals surface area contributed by atoms with Gasteiger partial charge in [0.25, 0.3) is 0 Å². The Kier molecular flexibility index (Phi) is 15.0. The van der Waals surface area contributed by atoms with Crippen molar-refractivity contribution in [2.45, 2.75) is 84.6 Å². The van der Waals surface area contributed by atoms with Crippen LogP contribution in [0.5, 0.6) is 0 Å². The second kappa shape index (κ2) is 15.4. The van der Waals surface area contributed by atoms with Crippen molar-refractivity contribution in [2.75, 3.05) is 5.75 Å². The van der Waals surface area contributed by atoms with Gasteiger partial charge in [-0.3, -0.25) is 0 Å². The van der Waals surface area contributed by atoms with E-state index in [1.165, 1.54) is 36.3 Å². The lowest BCUT2D eigenvalue weighted by molar-refractivity contribution is -0.117. The van der Waals surface area contributed by atoms with Crippen LogP contribution in [0.2, 0.25) is 0 Å². The fraction of sp³-hybridized carbons (Fsp3) is 0.737. The Labute approximate surface area is 142 Å². The van der Waals surface area contributed by atoms with Crippen LogP contribution in [0.4, 0.5) is 0 Å². The van der Waals surface area contributed by atoms with Crippen LogP contribution in [0.25, 0.3) is 0 Å². The van der Waals surface area contributed by atoms with Crippen molar-refractivity contribution in [3.05, 3.63) is 23.1 Å². The summed E-state index contributed by atoms with van der Waals surface area (Å²) in [5, 5.41) is 0. The molecule has 0 aromatic rings. The molecule has 0 aliphatic heterocycles. The van der Waals surface area contributed by atoms with E-state index in [2.05, 4.69) is 32.1 Å². The Hall–Kier alpha value is -0.540. The van der Waals surface area contributed by atoms with Crippen molar-refractivity contribution in [1.29, 1.82) is 0 Å². The predicted octanol–water partition coefficient (Wildman–Crippen LogP) is 5.63. The molecule has 0 rings (SSSR count). The number of carbonyl (C=O) groups is 1. The lowest BCUT2D eigenvalue weighted by atomic mass is 10.1. The zero-order valence-electron chi connectivity index (χ0n) is 14.8. The normalized spacial score (nSPS) is 13.7. The molecule has 0 amide bonds. The van der Waals surface area contributed by atoms with Crippen molar-refractivity contribution in [2.24, 2.45) is 5.73 Å². The standard InChI is InChI=1S/C19H35NOS/c1-4-12-19(15-11-14-18(20)5-2)22-16-10-8-6-7-9-13-17(3)21/h11-12,15,18H,4-10,13-14,16,20H2,1-3H3/b15-11-,19-12+/t18-/m0/s1. The van der Waals surface area contributed by atoms with Gasteiger partial charge in [-0.1, -0.05) is 51.3 Å². The van der Waals surface area contributed by atoms with Crippen molar-refractivity contribution < 1.29 is 4.79 Å². The van der Waals surface area contributed by atoms with E-state index < -0.39 is 0 Å². The Morgan fingerprint density at radius 3 is 2.45 bits per heavy atom. The van der Waals surface area contributed by atoms with E-state index in [9.17, 15) is 4.79 Å². The molecule has 0 bridgehead atoms. The highest BCUT2D eigenvalue weighted by atomic mass is 32.2. The molecule has 0 aromatic carbocycles. The van der Waals surface area contributed by atoms with Gasteiger partial charge in [-0.05, 0) is 44.8 Å². The predicted molar refractivity (Wildman–Crippen MR) is 101 cm³/mol. The van der Waals surface area contributed by atoms with Gasteiger partial charge in [0.15, 0.2) is 0 Å². The molecule has 0 aromatic heterocycles. The van der Waals surface area contributed by atoms with Crippen LogP contribution < -0.4 is 5.73 Å². The summed E-state index contributed by atoms with van der Waals surface area (Å²) in [7, 11) is 0. The molecule has 0 unspecified atom stereocenters. The lowest BCUT2D eigenvalue weighted by Crippen LogP contribution is -2.16. The number of unbranched alkanes of at least 4 members (excludes halogenated alkanes) is 4. The molecule has 2 N–H and O–H groups in total. The third-order valence-corrected chi connectivity index (χ3v) is 4.72. The molecule has 0 fully saturated rings. The number of Topliss-reactive ketones (excluding diaryl/α,β-unsaturated/α-hetero) is 1. The van der Waals surface area contributed by atoms with E-state index in [0.29, 0.717) is 11.8 Å². The summed E-state index contributed by atoms with van der Waals surface area (Å²) >= 11 is 1.95. The minimum atomic E-state index is 0.291. The molecule has 0 aliphatic carbocycles. The van der Waals surface area contributed by atoms with Gasteiger partial charge in [0.2, 0.25) is 0 Å². The van der Waals surface area contributed by atoms with E-state index in [1.807, 2.05) is 11.8 Å². The molecule has 3 heteroatoms. The van der Waals surface area contributed by atoms with Crippen LogP contribution in [-0.2, 0) is 4.79 Å². The second-order valence-electron chi connectivity index (χ2n) is 5.89. The number of thioether (sulfide) groups is 1. The van der Waals surface area contributed by atoms with Crippen LogP contribution in [0.3, 0.4) is 0 Å². The minimum Gasteiger partial charge on any atom is -0.327 e. The second-order valence-corrected chi connectivity index (χ2v) is 7.06. The van der Waals surface area contributed by atoms with Gasteiger partial charge in [-0.25, -0.2) is 0 Å². The van der Waals surface area contributed by atoms with E-state index in [4.69, 9.17) is 5.73 Å². The summed E-state index contributed by atoms with van der Waals surface area (Å²) in [5.74, 6) is 1.50. The summed E-state index contributed by atoms with van der Waals surface area (Å²) in [6, 6.07) is 0.291. The average molecular weight is 326 g/mol. The summed E-state index contributed by atoms with van der Waals surface area (Å²) in [5.41, 5.74) is 5.93. The highest BCUT2D eigenvalue weighted by Crippen LogP contribution is 2.20. The van der Waals surface area contributed by atoms with Crippen LogP contribution in [-0.4, -0.2) is 17.6 Å². The van der Waals surface area contributed by atoms with Crippen LogP contribution in [0.15, 0.2) is 23.1 Å². The minimum absolute atomic E-state index is 0.291. The van der Waals surface area contributed by atoms with Gasteiger partial charge in [-0.15, -0.1) is 11.8 Å². The largest absolute Gasteiger partial charge is 0.327 e. The lowest BCUT2D eigenvalue weighted by Gasteiger charge is -2.05. The molecule has 2 nitrogen and oxygen atoms in total. The molecule has 0 aliphatic rings. The number of hydrogen-bond acceptors (Lipinski definition) is 3. The Morgan fingerprint density at radius 1 is 1.14 bits per heavy atom. The van der Waals surface area contributed by atoms with Crippen LogP contribution >= 0.6 is 11.8 Å². The van der Waals surface area contributed by atoms with Crippen molar-refractivity contribution in [1.82, 2.24) is 0 Å². The number of ketones is 1. The van der Waals surface area contributed by atoms with E-state index in [1.54, 1.807) is 6.92 Å². The first-order chi connectivity index (χ1) is 10.6. The molecule has 0 spiro atoms. The molecule has 0 radical (unpaired) electrons. The molecule has 0 heterocycles. The number of carbonyl (C=O) groups excluding carboxylic acids is 1. The van der Waals surface area contributed by atoms with Gasteiger partial charge < -0.3 is 10.5 Å². The quantitative estimate of drug-likeness (QED) is 0.332. The monoisotopic (exact) mass is 325 g/mol. The topological polar surface area (TPSA) is 43.1 Å². The zero-order valence-corrected chi connectivity index (χ0v) is 15.6. The van der Waals surface area contributed by atoms with Crippen LogP contribution in [0.1, 0.15) is 78.6 Å². The fourth-order valence-electron chi connectivity index (χ4n) is 2.10. The van der Waals surface area contributed by atoms with E-state index >= 15 is 0 Å². The van der Waals surface area contributed by atoms with E-state index in [-0.39, 0.29) is 0 Å². The zero-order chi connectivity index (χ0) is 16.6. The third kappa shape index (κ3) is 14.4. The SMILES string of the molecule is CC/C=C(\C=C/C[C@@H](N)CC)SCCCCCCCC(C)=O. The van der Waals surface area contributed by atoms with Crippen molar-refractivity contribution in [3.63, 3.8) is 0 Å². The third-order valence-electron chi connectivity index (χ3n) is 3.59. The van der Waals surface area contributed by atoms with Gasteiger partial charge >= 0.3 is 0 Å². The molecular weight excluding hydrogens is 290 g/mol. The maximum absolute atomic E-state index is 10.8. The Morgan fingerprint density at radius 2 is 1.82 bits per heavy atom. The molecule has 0 saturated heterocycles. The van der Waals surface area contributed by atoms with E-state index in [0.717, 1.165) is 32.1 Å². The van der Waals surface area contributed by atoms with Gasteiger partial charge in [0, 0.05) is 17.4 Å². The molecular formula is C19H35NOS. The Bertz CT molecular complexity index is 336. The first-order valence-electron chi connectivity index (χ1n) is 8.84. The molecule has 0 saturated carbocycles. The Balaban J connectivity index is 3.74. The van der Waals surface area contributed by atoms with Gasteiger partial charge in [0.05, 0.1) is 0 Å². The summed E-state index contributed by atoms with van der Waals surface area (Å²) < 4.78 is 0. The molecule has 128 valence electrons. The maximum Gasteiger partial charge on any atom is 0.129 e. The van der Waals surface area contributed by atoms with Crippen molar-refractivity contribution >= 4 is 17.5 Å². The molecule has 1 atom stereocenters. The highest BCUT2D eigenvalue weighted by Gasteiger charge is 1.98. The van der Waals surface area contributed by atoms with Gasteiger partial charge in [-0.2, -0.15) is 0 Å². The first-order valence-corrected chi connectivity index (χ1v) is 9.83. The fourth-order valence-corrected chi connectivity index (χ4v) is 3.16. The number of nitrogens with two attached hydrogens (primary N) is 1.